The fraction of sp³-hybridized carbons (Fsp3) is 0.550. The van der Waals surface area contributed by atoms with Gasteiger partial charge in [0.05, 0.1) is 0 Å². The highest BCUT2D eigenvalue weighted by atomic mass is 35.5. The number of nitrogens with one attached hydrogen (secondary N) is 1. The van der Waals surface area contributed by atoms with Crippen molar-refractivity contribution in [3.05, 3.63) is 35.7 Å². The van der Waals surface area contributed by atoms with Crippen molar-refractivity contribution in [2.75, 3.05) is 26.2 Å². The summed E-state index contributed by atoms with van der Waals surface area (Å²) in [7, 11) is 0. The maximum atomic E-state index is 12.8. The average Bonchev–Trinajstić information content (AvgIpc) is 3.24. The Balaban J connectivity index is 0.00000180. The van der Waals surface area contributed by atoms with Crippen LogP contribution in [0.2, 0.25) is 0 Å². The number of hydrogen-bond donors (Lipinski definition) is 1. The van der Waals surface area contributed by atoms with Crippen LogP contribution >= 0.6 is 12.4 Å². The van der Waals surface area contributed by atoms with Crippen molar-refractivity contribution in [1.29, 1.82) is 0 Å². The molecule has 6 nitrogen and oxygen atoms in total. The number of rotatable bonds is 3. The molecule has 3 heterocycles. The largest absolute Gasteiger partial charge is 0.339 e. The Morgan fingerprint density at radius 1 is 1.15 bits per heavy atom. The van der Waals surface area contributed by atoms with Crippen LogP contribution in [0.3, 0.4) is 0 Å². The Bertz CT molecular complexity index is 800. The van der Waals surface area contributed by atoms with E-state index in [1.165, 1.54) is 6.42 Å². The van der Waals surface area contributed by atoms with Crippen LogP contribution in [0.1, 0.15) is 54.2 Å². The number of likely N-dealkylation sites (tertiary alicyclic amines) is 1. The molecule has 1 spiro atoms. The zero-order chi connectivity index (χ0) is 17.6. The maximum absolute atomic E-state index is 12.8. The van der Waals surface area contributed by atoms with Gasteiger partial charge in [-0.2, -0.15) is 4.98 Å². The predicted molar refractivity (Wildman–Crippen MR) is 104 cm³/mol. The van der Waals surface area contributed by atoms with Crippen molar-refractivity contribution in [2.45, 2.75) is 38.0 Å². The summed E-state index contributed by atoms with van der Waals surface area (Å²) in [6.45, 7) is 3.94. The van der Waals surface area contributed by atoms with Gasteiger partial charge in [-0.1, -0.05) is 5.16 Å². The fourth-order valence-electron chi connectivity index (χ4n) is 4.20. The van der Waals surface area contributed by atoms with E-state index < -0.39 is 0 Å². The van der Waals surface area contributed by atoms with E-state index in [1.54, 1.807) is 0 Å². The number of carbonyl (C=O) groups is 1. The summed E-state index contributed by atoms with van der Waals surface area (Å²) in [6, 6.07) is 7.56. The van der Waals surface area contributed by atoms with E-state index in [4.69, 9.17) is 4.52 Å². The summed E-state index contributed by atoms with van der Waals surface area (Å²) in [5, 5.41) is 7.52. The van der Waals surface area contributed by atoms with Crippen LogP contribution < -0.4 is 5.32 Å². The highest BCUT2D eigenvalue weighted by Crippen LogP contribution is 2.39. The molecule has 0 unspecified atom stereocenters. The van der Waals surface area contributed by atoms with Crippen LogP contribution in [0.5, 0.6) is 0 Å². The zero-order valence-electron chi connectivity index (χ0n) is 15.3. The van der Waals surface area contributed by atoms with E-state index in [0.717, 1.165) is 68.8 Å². The number of carbonyl (C=O) groups excluding carboxylic acids is 1. The molecule has 5 rings (SSSR count). The molecule has 3 aliphatic rings. The molecule has 2 aromatic rings. The Labute approximate surface area is 165 Å². The van der Waals surface area contributed by atoms with Crippen LogP contribution in [0.4, 0.5) is 0 Å². The number of nitrogens with zero attached hydrogens (tertiary/aromatic N) is 3. The second kappa shape index (κ2) is 7.24. The molecule has 1 aliphatic carbocycles. The summed E-state index contributed by atoms with van der Waals surface area (Å²) in [5.41, 5.74) is 2.03. The van der Waals surface area contributed by atoms with Gasteiger partial charge in [0.25, 0.3) is 11.8 Å². The first-order valence-electron chi connectivity index (χ1n) is 9.67. The molecule has 1 saturated carbocycles. The molecule has 2 saturated heterocycles. The van der Waals surface area contributed by atoms with Crippen LogP contribution in [0.15, 0.2) is 28.8 Å². The van der Waals surface area contributed by atoms with Crippen LogP contribution in [0.25, 0.3) is 11.5 Å². The second-order valence-corrected chi connectivity index (χ2v) is 8.03. The van der Waals surface area contributed by atoms with Gasteiger partial charge in [-0.15, -0.1) is 12.4 Å². The number of amides is 1. The maximum Gasteiger partial charge on any atom is 0.257 e. The van der Waals surface area contributed by atoms with E-state index in [9.17, 15) is 4.79 Å². The van der Waals surface area contributed by atoms with Gasteiger partial charge in [0.15, 0.2) is 5.82 Å². The van der Waals surface area contributed by atoms with Crippen molar-refractivity contribution in [1.82, 2.24) is 20.4 Å². The molecule has 1 amide bonds. The summed E-state index contributed by atoms with van der Waals surface area (Å²) in [5.74, 6) is 1.95. The fourth-order valence-corrected chi connectivity index (χ4v) is 4.20. The topological polar surface area (TPSA) is 71.3 Å². The Morgan fingerprint density at radius 2 is 1.89 bits per heavy atom. The summed E-state index contributed by atoms with van der Waals surface area (Å²) in [4.78, 5) is 19.3. The molecular weight excluding hydrogens is 364 g/mol. The predicted octanol–water partition coefficient (Wildman–Crippen LogP) is 3.25. The molecule has 0 bridgehead atoms. The quantitative estimate of drug-likeness (QED) is 0.873. The molecule has 2 aliphatic heterocycles. The van der Waals surface area contributed by atoms with Crippen molar-refractivity contribution >= 4 is 18.3 Å². The molecule has 0 atom stereocenters. The minimum absolute atomic E-state index is 0. The molecule has 1 aromatic carbocycles. The first-order valence-corrected chi connectivity index (χ1v) is 9.67. The third-order valence-electron chi connectivity index (χ3n) is 6.21. The first kappa shape index (κ1) is 18.4. The lowest BCUT2D eigenvalue weighted by Gasteiger charge is -2.38. The van der Waals surface area contributed by atoms with Gasteiger partial charge in [0.1, 0.15) is 0 Å². The van der Waals surface area contributed by atoms with E-state index in [0.29, 0.717) is 17.2 Å². The lowest BCUT2D eigenvalue weighted by Crippen LogP contribution is -2.44. The van der Waals surface area contributed by atoms with E-state index in [-0.39, 0.29) is 18.3 Å². The normalized spacial score (nSPS) is 21.3. The monoisotopic (exact) mass is 388 g/mol. The molecule has 0 radical (unpaired) electrons. The molecule has 7 heteroatoms. The first-order chi connectivity index (χ1) is 12.7. The summed E-state index contributed by atoms with van der Waals surface area (Å²) in [6.07, 6.45) is 5.77. The standard InChI is InChI=1S/C20H24N4O2.ClH/c25-19(24-11-8-20(9-12-24)7-10-21-13-20)16-5-3-15(4-6-16)18-22-17(23-26-18)14-1-2-14;/h3-6,14,21H,1-2,7-13H2;1H. The minimum Gasteiger partial charge on any atom is -0.339 e. The Hall–Kier alpha value is -1.92. The van der Waals surface area contributed by atoms with Gasteiger partial charge in [0.2, 0.25) is 0 Å². The SMILES string of the molecule is Cl.O=C(c1ccc(-c2nc(C3CC3)no2)cc1)N1CCC2(CCNC2)CC1. The van der Waals surface area contributed by atoms with E-state index in [1.807, 2.05) is 29.2 Å². The van der Waals surface area contributed by atoms with Crippen LogP contribution in [-0.2, 0) is 0 Å². The minimum atomic E-state index is 0. The van der Waals surface area contributed by atoms with E-state index in [2.05, 4.69) is 15.5 Å². The number of benzene rings is 1. The third kappa shape index (κ3) is 3.60. The van der Waals surface area contributed by atoms with Gasteiger partial charge < -0.3 is 14.7 Å². The summed E-state index contributed by atoms with van der Waals surface area (Å²) < 4.78 is 5.36. The molecular formula is C20H25ClN4O2. The molecule has 27 heavy (non-hydrogen) atoms. The van der Waals surface area contributed by atoms with Crippen molar-refractivity contribution in [2.24, 2.45) is 5.41 Å². The number of halogens is 1. The third-order valence-corrected chi connectivity index (χ3v) is 6.21. The summed E-state index contributed by atoms with van der Waals surface area (Å²) >= 11 is 0. The Morgan fingerprint density at radius 3 is 2.52 bits per heavy atom. The van der Waals surface area contributed by atoms with Gasteiger partial charge in [-0.3, -0.25) is 4.79 Å². The number of piperidine rings is 1. The average molecular weight is 389 g/mol. The van der Waals surface area contributed by atoms with Gasteiger partial charge >= 0.3 is 0 Å². The van der Waals surface area contributed by atoms with Gasteiger partial charge in [0, 0.05) is 36.7 Å². The van der Waals surface area contributed by atoms with Gasteiger partial charge in [-0.25, -0.2) is 0 Å². The van der Waals surface area contributed by atoms with E-state index >= 15 is 0 Å². The Kier molecular flexibility index (Phi) is 4.95. The number of aromatic nitrogens is 2. The van der Waals surface area contributed by atoms with Gasteiger partial charge in [-0.05, 0) is 68.3 Å². The molecule has 1 N–H and O–H groups in total. The molecule has 1 aromatic heterocycles. The van der Waals surface area contributed by atoms with Crippen LogP contribution in [-0.4, -0.2) is 47.1 Å². The highest BCUT2D eigenvalue weighted by molar-refractivity contribution is 5.94. The van der Waals surface area contributed by atoms with Crippen molar-refractivity contribution in [3.63, 3.8) is 0 Å². The van der Waals surface area contributed by atoms with Crippen molar-refractivity contribution in [3.8, 4) is 11.5 Å². The molecule has 3 fully saturated rings. The smallest absolute Gasteiger partial charge is 0.257 e. The lowest BCUT2D eigenvalue weighted by molar-refractivity contribution is 0.0607. The van der Waals surface area contributed by atoms with Crippen LogP contribution in [0, 0.1) is 5.41 Å². The number of hydrogen-bond acceptors (Lipinski definition) is 5. The van der Waals surface area contributed by atoms with Crippen molar-refractivity contribution < 1.29 is 9.32 Å². The highest BCUT2D eigenvalue weighted by Gasteiger charge is 2.38. The second-order valence-electron chi connectivity index (χ2n) is 8.03. The lowest BCUT2D eigenvalue weighted by atomic mass is 9.78. The zero-order valence-corrected chi connectivity index (χ0v) is 16.1. The molecule has 144 valence electrons.